The van der Waals surface area contributed by atoms with Gasteiger partial charge in [0.15, 0.2) is 6.04 Å². The van der Waals surface area contributed by atoms with Crippen molar-refractivity contribution >= 4 is 23.7 Å². The Balaban J connectivity index is 3.12. The van der Waals surface area contributed by atoms with Gasteiger partial charge in [-0.1, -0.05) is 26.0 Å². The number of phenolic OH excluding ortho intramolecular Hbond substituents is 1. The first-order valence-electron chi connectivity index (χ1n) is 10.2. The number of carboxylic acids is 1. The van der Waals surface area contributed by atoms with Gasteiger partial charge in [-0.15, -0.1) is 0 Å². The average Bonchev–Trinajstić information content (AvgIpc) is 2.71. The van der Waals surface area contributed by atoms with Crippen LogP contribution in [0.25, 0.3) is 0 Å². The molecule has 0 fully saturated rings. The van der Waals surface area contributed by atoms with E-state index in [0.717, 1.165) is 0 Å². The molecule has 0 bridgehead atoms. The minimum absolute atomic E-state index is 0.0142. The predicted molar refractivity (Wildman–Crippen MR) is 115 cm³/mol. The normalized spacial score (nSPS) is 14.7. The molecule has 0 saturated carbocycles. The third-order valence-electron chi connectivity index (χ3n) is 4.60. The number of phenols is 1. The average molecular weight is 453 g/mol. The Morgan fingerprint density at radius 1 is 0.938 bits per heavy atom. The maximum absolute atomic E-state index is 12.9. The fourth-order valence-corrected chi connectivity index (χ4v) is 2.95. The van der Waals surface area contributed by atoms with E-state index in [2.05, 4.69) is 16.0 Å². The third kappa shape index (κ3) is 8.90. The zero-order valence-corrected chi connectivity index (χ0v) is 18.4. The van der Waals surface area contributed by atoms with Crippen LogP contribution in [0, 0.1) is 5.92 Å². The van der Waals surface area contributed by atoms with Crippen molar-refractivity contribution in [1.82, 2.24) is 16.0 Å². The second-order valence-corrected chi connectivity index (χ2v) is 7.95. The summed E-state index contributed by atoms with van der Waals surface area (Å²) < 4.78 is 0. The van der Waals surface area contributed by atoms with Gasteiger partial charge in [0.2, 0.25) is 17.7 Å². The molecule has 1 aromatic carbocycles. The van der Waals surface area contributed by atoms with E-state index in [1.54, 1.807) is 12.1 Å². The fraction of sp³-hybridized carbons (Fsp3) is 0.524. The summed E-state index contributed by atoms with van der Waals surface area (Å²) in [5.41, 5.74) is 5.90. The number of nitrogens with two attached hydrogens (primary N) is 1. The van der Waals surface area contributed by atoms with Crippen LogP contribution in [-0.2, 0) is 25.6 Å². The number of nitrogens with one attached hydrogen (secondary N) is 3. The van der Waals surface area contributed by atoms with Gasteiger partial charge in [-0.2, -0.15) is 0 Å². The number of amides is 3. The molecule has 11 nitrogen and oxygen atoms in total. The summed E-state index contributed by atoms with van der Waals surface area (Å²) in [6, 6.07) is 2.17. The largest absolute Gasteiger partial charge is 0.508 e. The first kappa shape index (κ1) is 26.9. The number of carbonyl (C=O) groups excluding carboxylic acids is 3. The monoisotopic (exact) mass is 452 g/mol. The van der Waals surface area contributed by atoms with Crippen LogP contribution >= 0.6 is 0 Å². The molecule has 8 N–H and O–H groups in total. The van der Waals surface area contributed by atoms with Crippen molar-refractivity contribution in [2.75, 3.05) is 6.54 Å². The Bertz CT molecular complexity index is 796. The quantitative estimate of drug-likeness (QED) is 0.207. The van der Waals surface area contributed by atoms with Gasteiger partial charge in [-0.3, -0.25) is 14.4 Å². The number of aromatic hydroxyl groups is 1. The van der Waals surface area contributed by atoms with E-state index in [1.165, 1.54) is 19.1 Å². The molecule has 0 aliphatic rings. The number of aliphatic carboxylic acids is 1. The molecule has 0 spiro atoms. The number of aliphatic hydroxyl groups is 1. The van der Waals surface area contributed by atoms with Crippen LogP contribution in [0.1, 0.15) is 32.8 Å². The lowest BCUT2D eigenvalue weighted by Gasteiger charge is -2.26. The summed E-state index contributed by atoms with van der Waals surface area (Å²) in [4.78, 5) is 48.8. The molecule has 4 atom stereocenters. The molecule has 0 aromatic heterocycles. The Morgan fingerprint density at radius 3 is 1.97 bits per heavy atom. The first-order valence-corrected chi connectivity index (χ1v) is 10.2. The summed E-state index contributed by atoms with van der Waals surface area (Å²) in [5.74, 6) is -3.38. The van der Waals surface area contributed by atoms with Crippen LogP contribution < -0.4 is 21.7 Å². The molecule has 3 amide bonds. The SMILES string of the molecule is CC(C)CC(NC(=O)CN)C(=O)NC(Cc1ccc(O)cc1)C(=O)NC(C(=O)O)C(C)O. The van der Waals surface area contributed by atoms with Gasteiger partial charge in [0, 0.05) is 6.42 Å². The molecular formula is C21H32N4O7. The molecule has 1 aromatic rings. The number of carbonyl (C=O) groups is 4. The number of benzene rings is 1. The molecule has 0 saturated heterocycles. The lowest BCUT2D eigenvalue weighted by atomic mass is 10.0. The van der Waals surface area contributed by atoms with Crippen molar-refractivity contribution in [1.29, 1.82) is 0 Å². The molecule has 0 aliphatic heterocycles. The molecule has 32 heavy (non-hydrogen) atoms. The Labute approximate surface area is 186 Å². The summed E-state index contributed by atoms with van der Waals surface area (Å²) in [7, 11) is 0. The lowest BCUT2D eigenvalue weighted by Crippen LogP contribution is -2.58. The van der Waals surface area contributed by atoms with Crippen LogP contribution in [-0.4, -0.2) is 69.8 Å². The smallest absolute Gasteiger partial charge is 0.328 e. The van der Waals surface area contributed by atoms with Crippen molar-refractivity contribution in [2.24, 2.45) is 11.7 Å². The van der Waals surface area contributed by atoms with Crippen LogP contribution in [0.3, 0.4) is 0 Å². The van der Waals surface area contributed by atoms with Crippen molar-refractivity contribution in [3.8, 4) is 5.75 Å². The summed E-state index contributed by atoms with van der Waals surface area (Å²) >= 11 is 0. The zero-order chi connectivity index (χ0) is 24.4. The van der Waals surface area contributed by atoms with E-state index >= 15 is 0 Å². The number of rotatable bonds is 12. The van der Waals surface area contributed by atoms with Crippen molar-refractivity contribution in [3.05, 3.63) is 29.8 Å². The highest BCUT2D eigenvalue weighted by atomic mass is 16.4. The van der Waals surface area contributed by atoms with Gasteiger partial charge in [0.1, 0.15) is 17.8 Å². The lowest BCUT2D eigenvalue weighted by molar-refractivity contribution is -0.145. The molecular weight excluding hydrogens is 420 g/mol. The van der Waals surface area contributed by atoms with Crippen molar-refractivity contribution in [3.63, 3.8) is 0 Å². The molecule has 1 rings (SSSR count). The van der Waals surface area contributed by atoms with Crippen LogP contribution in [0.5, 0.6) is 5.75 Å². The first-order chi connectivity index (χ1) is 14.9. The topological polar surface area (TPSA) is 191 Å². The number of carboxylic acid groups (broad SMARTS) is 1. The second kappa shape index (κ2) is 12.6. The highest BCUT2D eigenvalue weighted by molar-refractivity contribution is 5.93. The Morgan fingerprint density at radius 2 is 1.50 bits per heavy atom. The maximum atomic E-state index is 12.9. The second-order valence-electron chi connectivity index (χ2n) is 7.95. The van der Waals surface area contributed by atoms with Crippen molar-refractivity contribution in [2.45, 2.75) is 57.8 Å². The van der Waals surface area contributed by atoms with Gasteiger partial charge in [-0.25, -0.2) is 4.79 Å². The Kier molecular flexibility index (Phi) is 10.6. The minimum atomic E-state index is -1.58. The van der Waals surface area contributed by atoms with Gasteiger partial charge in [0.05, 0.1) is 12.6 Å². The molecule has 11 heteroatoms. The zero-order valence-electron chi connectivity index (χ0n) is 18.4. The van der Waals surface area contributed by atoms with Crippen molar-refractivity contribution < 1.29 is 34.5 Å². The molecule has 0 radical (unpaired) electrons. The minimum Gasteiger partial charge on any atom is -0.508 e. The Hall–Kier alpha value is -3.18. The van der Waals surface area contributed by atoms with E-state index in [-0.39, 0.29) is 31.1 Å². The fourth-order valence-electron chi connectivity index (χ4n) is 2.95. The van der Waals surface area contributed by atoms with Crippen LogP contribution in [0.2, 0.25) is 0 Å². The highest BCUT2D eigenvalue weighted by Crippen LogP contribution is 2.12. The third-order valence-corrected chi connectivity index (χ3v) is 4.60. The van der Waals surface area contributed by atoms with Crippen LogP contribution in [0.15, 0.2) is 24.3 Å². The molecule has 0 aliphatic carbocycles. The van der Waals surface area contributed by atoms with E-state index in [9.17, 15) is 34.5 Å². The summed E-state index contributed by atoms with van der Waals surface area (Å²) in [6.07, 6.45) is -1.11. The van der Waals surface area contributed by atoms with E-state index in [4.69, 9.17) is 5.73 Å². The predicted octanol–water partition coefficient (Wildman–Crippen LogP) is -1.14. The van der Waals surface area contributed by atoms with Gasteiger partial charge < -0.3 is 37.0 Å². The highest BCUT2D eigenvalue weighted by Gasteiger charge is 2.31. The summed E-state index contributed by atoms with van der Waals surface area (Å²) in [5, 5.41) is 35.7. The standard InChI is InChI=1S/C21H32N4O7/c1-11(2)8-15(23-17(28)10-22)19(29)24-16(9-13-4-6-14(27)7-5-13)20(30)25-18(12(3)26)21(31)32/h4-7,11-12,15-16,18,26-27H,8-10,22H2,1-3H3,(H,23,28)(H,24,29)(H,25,30)(H,31,32). The van der Waals surface area contributed by atoms with Crippen LogP contribution in [0.4, 0.5) is 0 Å². The number of hydrogen-bond donors (Lipinski definition) is 7. The van der Waals surface area contributed by atoms with E-state index < -0.39 is 47.9 Å². The molecule has 0 heterocycles. The number of hydrogen-bond acceptors (Lipinski definition) is 7. The van der Waals surface area contributed by atoms with Gasteiger partial charge in [0.25, 0.3) is 0 Å². The maximum Gasteiger partial charge on any atom is 0.328 e. The summed E-state index contributed by atoms with van der Waals surface area (Å²) in [6.45, 7) is 4.62. The molecule has 178 valence electrons. The van der Waals surface area contributed by atoms with E-state index in [0.29, 0.717) is 5.56 Å². The molecule has 4 unspecified atom stereocenters. The van der Waals surface area contributed by atoms with Gasteiger partial charge >= 0.3 is 5.97 Å². The van der Waals surface area contributed by atoms with E-state index in [1.807, 2.05) is 13.8 Å². The van der Waals surface area contributed by atoms with Gasteiger partial charge in [-0.05, 0) is 37.0 Å². The number of aliphatic hydroxyl groups excluding tert-OH is 1.